The number of anilines is 2. The van der Waals surface area contributed by atoms with Crippen molar-refractivity contribution in [3.05, 3.63) is 71.0 Å². The van der Waals surface area contributed by atoms with Gasteiger partial charge in [-0.2, -0.15) is 0 Å². The minimum absolute atomic E-state index is 0.697. The topological polar surface area (TPSA) is 37.8 Å². The summed E-state index contributed by atoms with van der Waals surface area (Å²) in [6.45, 7) is 4.08. The maximum atomic E-state index is 6.43. The van der Waals surface area contributed by atoms with Crippen molar-refractivity contribution in [3.8, 4) is 10.4 Å². The normalized spacial score (nSPS) is 11.0. The SMILES string of the molecule is Cc1cc(C)c(Nc2ncnc3sc(-c4ccccc4)cc23)c(Cl)c1. The number of thiophene rings is 1. The van der Waals surface area contributed by atoms with Gasteiger partial charge >= 0.3 is 0 Å². The monoisotopic (exact) mass is 365 g/mol. The molecule has 2 aromatic carbocycles. The minimum atomic E-state index is 0.697. The van der Waals surface area contributed by atoms with Crippen LogP contribution in [-0.2, 0) is 0 Å². The summed E-state index contributed by atoms with van der Waals surface area (Å²) in [5.74, 6) is 0.775. The molecular weight excluding hydrogens is 350 g/mol. The van der Waals surface area contributed by atoms with Gasteiger partial charge < -0.3 is 5.32 Å². The molecule has 0 aliphatic carbocycles. The Morgan fingerprint density at radius 1 is 1.00 bits per heavy atom. The molecule has 4 aromatic rings. The Balaban J connectivity index is 1.80. The van der Waals surface area contributed by atoms with E-state index >= 15 is 0 Å². The number of nitrogens with one attached hydrogen (secondary N) is 1. The van der Waals surface area contributed by atoms with E-state index in [1.54, 1.807) is 17.7 Å². The summed E-state index contributed by atoms with van der Waals surface area (Å²) in [5, 5.41) is 5.10. The maximum Gasteiger partial charge on any atom is 0.142 e. The number of nitrogens with zero attached hydrogens (tertiary/aromatic N) is 2. The lowest BCUT2D eigenvalue weighted by molar-refractivity contribution is 1.22. The van der Waals surface area contributed by atoms with Crippen molar-refractivity contribution < 1.29 is 0 Å². The number of fused-ring (bicyclic) bond motifs is 1. The number of aryl methyl sites for hydroxylation is 2. The van der Waals surface area contributed by atoms with Crippen LogP contribution >= 0.6 is 22.9 Å². The van der Waals surface area contributed by atoms with Gasteiger partial charge in [-0.3, -0.25) is 0 Å². The fraction of sp³-hybridized carbons (Fsp3) is 0.100. The van der Waals surface area contributed by atoms with E-state index in [2.05, 4.69) is 39.6 Å². The average Bonchev–Trinajstić information content (AvgIpc) is 3.04. The smallest absolute Gasteiger partial charge is 0.142 e. The van der Waals surface area contributed by atoms with E-state index in [0.29, 0.717) is 5.02 Å². The molecule has 124 valence electrons. The molecule has 0 atom stereocenters. The summed E-state index contributed by atoms with van der Waals surface area (Å²) >= 11 is 8.10. The van der Waals surface area contributed by atoms with Gasteiger partial charge in [-0.1, -0.05) is 48.0 Å². The molecule has 25 heavy (non-hydrogen) atoms. The fourth-order valence-corrected chi connectivity index (χ4v) is 4.27. The lowest BCUT2D eigenvalue weighted by atomic mass is 10.1. The first kappa shape index (κ1) is 16.1. The largest absolute Gasteiger partial charge is 0.338 e. The van der Waals surface area contributed by atoms with Gasteiger partial charge in [-0.25, -0.2) is 9.97 Å². The molecule has 0 saturated heterocycles. The molecule has 0 bridgehead atoms. The van der Waals surface area contributed by atoms with Crippen LogP contribution in [0.3, 0.4) is 0 Å². The summed E-state index contributed by atoms with van der Waals surface area (Å²) in [5.41, 5.74) is 4.30. The molecule has 0 radical (unpaired) electrons. The summed E-state index contributed by atoms with van der Waals surface area (Å²) in [7, 11) is 0. The Morgan fingerprint density at radius 3 is 2.56 bits per heavy atom. The highest BCUT2D eigenvalue weighted by Crippen LogP contribution is 2.37. The van der Waals surface area contributed by atoms with Crippen molar-refractivity contribution in [2.24, 2.45) is 0 Å². The van der Waals surface area contributed by atoms with Crippen molar-refractivity contribution in [1.82, 2.24) is 9.97 Å². The number of halogens is 1. The molecule has 1 N–H and O–H groups in total. The van der Waals surface area contributed by atoms with Crippen LogP contribution in [0.1, 0.15) is 11.1 Å². The summed E-state index contributed by atoms with van der Waals surface area (Å²) in [6.07, 6.45) is 1.59. The molecule has 0 spiro atoms. The highest BCUT2D eigenvalue weighted by Gasteiger charge is 2.13. The molecule has 0 unspecified atom stereocenters. The predicted molar refractivity (Wildman–Crippen MR) is 107 cm³/mol. The Hall–Kier alpha value is -2.43. The van der Waals surface area contributed by atoms with E-state index in [1.807, 2.05) is 38.1 Å². The van der Waals surface area contributed by atoms with Gasteiger partial charge in [0.2, 0.25) is 0 Å². The van der Waals surface area contributed by atoms with Crippen molar-refractivity contribution in [2.45, 2.75) is 13.8 Å². The van der Waals surface area contributed by atoms with Gasteiger partial charge in [0.25, 0.3) is 0 Å². The zero-order chi connectivity index (χ0) is 17.4. The third-order valence-electron chi connectivity index (χ3n) is 4.06. The van der Waals surface area contributed by atoms with E-state index in [-0.39, 0.29) is 0 Å². The van der Waals surface area contributed by atoms with E-state index in [4.69, 9.17) is 11.6 Å². The van der Waals surface area contributed by atoms with Crippen LogP contribution in [0.15, 0.2) is 54.9 Å². The van der Waals surface area contributed by atoms with Gasteiger partial charge in [0.05, 0.1) is 16.1 Å². The molecule has 0 saturated carbocycles. The molecule has 4 rings (SSSR count). The second-order valence-electron chi connectivity index (χ2n) is 5.98. The molecule has 0 amide bonds. The Morgan fingerprint density at radius 2 is 1.80 bits per heavy atom. The molecule has 3 nitrogen and oxygen atoms in total. The van der Waals surface area contributed by atoms with Gasteiger partial charge in [0, 0.05) is 4.88 Å². The molecular formula is C20H16ClN3S. The van der Waals surface area contributed by atoms with Crippen LogP contribution < -0.4 is 5.32 Å². The van der Waals surface area contributed by atoms with E-state index in [1.165, 1.54) is 10.4 Å². The molecule has 0 fully saturated rings. The van der Waals surface area contributed by atoms with Crippen LogP contribution in [-0.4, -0.2) is 9.97 Å². The Bertz CT molecular complexity index is 1030. The van der Waals surface area contributed by atoms with E-state index in [0.717, 1.165) is 32.8 Å². The number of hydrogen-bond acceptors (Lipinski definition) is 4. The number of hydrogen-bond donors (Lipinski definition) is 1. The fourth-order valence-electron chi connectivity index (χ4n) is 2.89. The van der Waals surface area contributed by atoms with Crippen LogP contribution in [0.2, 0.25) is 5.02 Å². The third-order valence-corrected chi connectivity index (χ3v) is 5.45. The van der Waals surface area contributed by atoms with Gasteiger partial charge in [-0.05, 0) is 42.7 Å². The van der Waals surface area contributed by atoms with Crippen molar-refractivity contribution in [1.29, 1.82) is 0 Å². The van der Waals surface area contributed by atoms with Crippen LogP contribution in [0.4, 0.5) is 11.5 Å². The molecule has 5 heteroatoms. The first-order valence-electron chi connectivity index (χ1n) is 7.95. The lowest BCUT2D eigenvalue weighted by Crippen LogP contribution is -1.98. The van der Waals surface area contributed by atoms with Crippen molar-refractivity contribution in [2.75, 3.05) is 5.32 Å². The van der Waals surface area contributed by atoms with Crippen LogP contribution in [0.5, 0.6) is 0 Å². The van der Waals surface area contributed by atoms with Gasteiger partial charge in [0.15, 0.2) is 0 Å². The van der Waals surface area contributed by atoms with Crippen molar-refractivity contribution >= 4 is 44.7 Å². The maximum absolute atomic E-state index is 6.43. The quantitative estimate of drug-likeness (QED) is 0.458. The highest BCUT2D eigenvalue weighted by molar-refractivity contribution is 7.21. The minimum Gasteiger partial charge on any atom is -0.338 e. The summed E-state index contributed by atoms with van der Waals surface area (Å²) in [4.78, 5) is 11.0. The molecule has 2 heterocycles. The second kappa shape index (κ2) is 6.47. The number of rotatable bonds is 3. The number of aromatic nitrogens is 2. The number of benzene rings is 2. The average molecular weight is 366 g/mol. The molecule has 2 aromatic heterocycles. The second-order valence-corrected chi connectivity index (χ2v) is 7.42. The van der Waals surface area contributed by atoms with Gasteiger partial charge in [-0.15, -0.1) is 11.3 Å². The lowest BCUT2D eigenvalue weighted by Gasteiger charge is -2.12. The zero-order valence-electron chi connectivity index (χ0n) is 13.9. The highest BCUT2D eigenvalue weighted by atomic mass is 35.5. The standard InChI is InChI=1S/C20H16ClN3S/c1-12-8-13(2)18(16(21)9-12)24-19-15-10-17(14-6-4-3-5-7-14)25-20(15)23-11-22-19/h3-11H,1-2H3,(H,22,23,24). The Kier molecular flexibility index (Phi) is 4.15. The van der Waals surface area contributed by atoms with E-state index in [9.17, 15) is 0 Å². The van der Waals surface area contributed by atoms with Crippen LogP contribution in [0.25, 0.3) is 20.7 Å². The predicted octanol–water partition coefficient (Wildman–Crippen LogP) is 6.37. The molecule has 0 aliphatic rings. The molecule has 0 aliphatic heterocycles. The third kappa shape index (κ3) is 3.11. The van der Waals surface area contributed by atoms with Crippen LogP contribution in [0, 0.1) is 13.8 Å². The Labute approximate surface area is 155 Å². The summed E-state index contributed by atoms with van der Waals surface area (Å²) < 4.78 is 0. The zero-order valence-corrected chi connectivity index (χ0v) is 15.4. The van der Waals surface area contributed by atoms with Gasteiger partial charge in [0.1, 0.15) is 17.0 Å². The first-order valence-corrected chi connectivity index (χ1v) is 9.15. The van der Waals surface area contributed by atoms with E-state index < -0.39 is 0 Å². The summed E-state index contributed by atoms with van der Waals surface area (Å²) in [6, 6.07) is 16.5. The van der Waals surface area contributed by atoms with Crippen molar-refractivity contribution in [3.63, 3.8) is 0 Å². The first-order chi connectivity index (χ1) is 12.1.